The van der Waals surface area contributed by atoms with Crippen LogP contribution in [0.3, 0.4) is 0 Å². The summed E-state index contributed by atoms with van der Waals surface area (Å²) in [5.41, 5.74) is 1.63. The van der Waals surface area contributed by atoms with E-state index >= 15 is 0 Å². The number of aldehydes is 1. The van der Waals surface area contributed by atoms with Gasteiger partial charge in [0.25, 0.3) is 0 Å². The molecule has 2 aliphatic rings. The quantitative estimate of drug-likeness (QED) is 0.241. The van der Waals surface area contributed by atoms with Gasteiger partial charge in [-0.3, -0.25) is 9.59 Å². The number of ether oxygens (including phenoxy) is 4. The molecule has 2 aliphatic heterocycles. The van der Waals surface area contributed by atoms with E-state index in [1.54, 1.807) is 6.08 Å². The van der Waals surface area contributed by atoms with E-state index in [0.717, 1.165) is 17.4 Å². The second-order valence-electron chi connectivity index (χ2n) is 14.2. The van der Waals surface area contributed by atoms with Crippen molar-refractivity contribution in [2.24, 2.45) is 23.7 Å². The van der Waals surface area contributed by atoms with E-state index in [4.69, 9.17) is 18.9 Å². The lowest BCUT2D eigenvalue weighted by Gasteiger charge is -2.44. The summed E-state index contributed by atoms with van der Waals surface area (Å²) in [4.78, 5) is 53.2. The average molecular weight is 699 g/mol. The van der Waals surface area contributed by atoms with Crippen LogP contribution in [0.4, 0.5) is 4.79 Å². The lowest BCUT2D eigenvalue weighted by molar-refractivity contribution is -0.280. The molecular formula is C39H58N2O9. The van der Waals surface area contributed by atoms with Gasteiger partial charge in [0.15, 0.2) is 12.1 Å². The number of rotatable bonds is 10. The predicted octanol–water partition coefficient (Wildman–Crippen LogP) is 5.39. The van der Waals surface area contributed by atoms with Crippen molar-refractivity contribution in [2.45, 2.75) is 116 Å². The number of benzene rings is 1. The Labute approximate surface area is 297 Å². The van der Waals surface area contributed by atoms with Crippen LogP contribution >= 0.6 is 0 Å². The lowest BCUT2D eigenvalue weighted by Crippen LogP contribution is -2.55. The summed E-state index contributed by atoms with van der Waals surface area (Å²) in [6.45, 7) is 9.77. The highest BCUT2D eigenvalue weighted by Gasteiger charge is 2.42. The van der Waals surface area contributed by atoms with Crippen molar-refractivity contribution >= 4 is 24.1 Å². The van der Waals surface area contributed by atoms with Crippen LogP contribution in [-0.4, -0.2) is 91.5 Å². The molecule has 0 spiro atoms. The second kappa shape index (κ2) is 20.5. The number of esters is 1. The van der Waals surface area contributed by atoms with E-state index in [1.807, 2.05) is 90.0 Å². The van der Waals surface area contributed by atoms with Crippen LogP contribution in [0.1, 0.15) is 78.7 Å². The Morgan fingerprint density at radius 3 is 2.48 bits per heavy atom. The van der Waals surface area contributed by atoms with Gasteiger partial charge in [0.2, 0.25) is 0 Å². The van der Waals surface area contributed by atoms with E-state index in [1.165, 1.54) is 6.08 Å². The first kappa shape index (κ1) is 41.0. The number of aliphatic hydroxyl groups excluding tert-OH is 1. The molecule has 1 aromatic rings. The topological polar surface area (TPSA) is 141 Å². The highest BCUT2D eigenvalue weighted by Crippen LogP contribution is 2.34. The Morgan fingerprint density at radius 1 is 1.10 bits per heavy atom. The van der Waals surface area contributed by atoms with Crippen molar-refractivity contribution in [3.8, 4) is 0 Å². The lowest BCUT2D eigenvalue weighted by atomic mass is 9.80. The largest absolute Gasteiger partial charge is 0.462 e. The zero-order valence-corrected chi connectivity index (χ0v) is 30.8. The summed E-state index contributed by atoms with van der Waals surface area (Å²) in [5, 5.41) is 14.1. The fourth-order valence-corrected chi connectivity index (χ4v) is 6.83. The molecule has 2 heterocycles. The molecule has 1 saturated heterocycles. The predicted molar refractivity (Wildman–Crippen MR) is 190 cm³/mol. The minimum absolute atomic E-state index is 0.0898. The van der Waals surface area contributed by atoms with Gasteiger partial charge >= 0.3 is 12.1 Å². The summed E-state index contributed by atoms with van der Waals surface area (Å²) < 4.78 is 24.1. The van der Waals surface area contributed by atoms with Crippen LogP contribution in [0.15, 0.2) is 54.1 Å². The molecule has 1 fully saturated rings. The summed E-state index contributed by atoms with van der Waals surface area (Å²) in [6.07, 6.45) is 4.34. The number of amides is 1. The third kappa shape index (κ3) is 12.7. The number of ketones is 1. The molecule has 278 valence electrons. The second-order valence-corrected chi connectivity index (χ2v) is 14.2. The van der Waals surface area contributed by atoms with Crippen molar-refractivity contribution in [2.75, 3.05) is 20.6 Å². The first-order valence-electron chi connectivity index (χ1n) is 18.0. The first-order valence-corrected chi connectivity index (χ1v) is 18.0. The minimum atomic E-state index is -0.943. The van der Waals surface area contributed by atoms with E-state index in [-0.39, 0.29) is 61.7 Å². The fourth-order valence-electron chi connectivity index (χ4n) is 6.83. The Hall–Kier alpha value is -3.38. The molecule has 0 radical (unpaired) electrons. The summed E-state index contributed by atoms with van der Waals surface area (Å²) >= 11 is 0. The van der Waals surface area contributed by atoms with Crippen LogP contribution in [0.5, 0.6) is 0 Å². The molecule has 11 heteroatoms. The number of hydrogen-bond acceptors (Lipinski definition) is 10. The molecule has 0 bridgehead atoms. The number of nitrogens with one attached hydrogen (secondary N) is 1. The zero-order valence-electron chi connectivity index (χ0n) is 30.8. The van der Waals surface area contributed by atoms with Gasteiger partial charge in [-0.1, -0.05) is 68.8 Å². The number of nitrogens with zero attached hydrogens (tertiary/aromatic N) is 1. The van der Waals surface area contributed by atoms with Crippen molar-refractivity contribution < 1.29 is 43.2 Å². The fraction of sp³-hybridized carbons (Fsp3) is 0.641. The van der Waals surface area contributed by atoms with Gasteiger partial charge in [0, 0.05) is 37.3 Å². The molecule has 0 aliphatic carbocycles. The molecule has 2 N–H and O–H groups in total. The normalized spacial score (nSPS) is 33.5. The zero-order chi connectivity index (χ0) is 36.8. The molecular weight excluding hydrogens is 640 g/mol. The van der Waals surface area contributed by atoms with Crippen LogP contribution in [0.2, 0.25) is 0 Å². The molecule has 1 aromatic carbocycles. The van der Waals surface area contributed by atoms with Crippen molar-refractivity contribution in [3.63, 3.8) is 0 Å². The standard InChI is InChI=1S/C39H58N2O9/c1-8-34-31(23-40-39(46)47-24-29-12-10-9-11-13-29)20-25(2)14-16-33(43)27(4)21-30(18-19-42)37(26(3)15-17-35(44)49-34)50-38-36(45)32(41(6)7)22-28(5)48-38/h9-14,16,19-20,26-28,30-32,34,36-38,45H,8,15,17-18,21-24H2,1-7H3,(H,40,46)/b16-14+,25-20+/t26-,27+,28?,30-,31+,32?,34+,36?,37+,38?/m0/s1. The monoisotopic (exact) mass is 698 g/mol. The molecule has 3 rings (SSSR count). The minimum Gasteiger partial charge on any atom is -0.462 e. The number of carbonyl (C=O) groups excluding carboxylic acids is 4. The van der Waals surface area contributed by atoms with Gasteiger partial charge in [0.1, 0.15) is 25.1 Å². The summed E-state index contributed by atoms with van der Waals surface area (Å²) in [6, 6.07) is 9.18. The van der Waals surface area contributed by atoms with Crippen LogP contribution in [0.25, 0.3) is 0 Å². The van der Waals surface area contributed by atoms with E-state index < -0.39 is 42.6 Å². The van der Waals surface area contributed by atoms with E-state index in [9.17, 15) is 24.3 Å². The number of cyclic esters (lactones) is 1. The van der Waals surface area contributed by atoms with Gasteiger partial charge in [0.05, 0.1) is 12.2 Å². The Bertz CT molecular complexity index is 1300. The number of allylic oxidation sites excluding steroid dienone is 3. The van der Waals surface area contributed by atoms with Gasteiger partial charge in [-0.05, 0) is 77.1 Å². The Morgan fingerprint density at radius 2 is 1.82 bits per heavy atom. The van der Waals surface area contributed by atoms with Crippen LogP contribution in [-0.2, 0) is 39.9 Å². The molecule has 50 heavy (non-hydrogen) atoms. The number of alkyl carbamates (subject to hydrolysis) is 1. The highest BCUT2D eigenvalue weighted by atomic mass is 16.7. The average Bonchev–Trinajstić information content (AvgIpc) is 3.09. The van der Waals surface area contributed by atoms with E-state index in [2.05, 4.69) is 5.32 Å². The SMILES string of the molecule is CC[C@H]1OC(=O)CC[C@H](C)[C@@H](OC2OC(C)CC(N(C)C)C2O)[C@@H](CC=O)C[C@@H](C)C(=O)/C=C/C(C)=C/[C@@H]1CNC(=O)OCc1ccccc1. The first-order chi connectivity index (χ1) is 23.8. The highest BCUT2D eigenvalue weighted by molar-refractivity contribution is 5.91. The Balaban J connectivity index is 1.84. The maximum Gasteiger partial charge on any atom is 0.407 e. The smallest absolute Gasteiger partial charge is 0.407 e. The third-order valence-corrected chi connectivity index (χ3v) is 9.78. The van der Waals surface area contributed by atoms with E-state index in [0.29, 0.717) is 25.7 Å². The molecule has 11 nitrogen and oxygen atoms in total. The number of carbonyl (C=O) groups is 4. The van der Waals surface area contributed by atoms with Gasteiger partial charge in [-0.15, -0.1) is 0 Å². The molecule has 10 atom stereocenters. The molecule has 0 saturated carbocycles. The van der Waals surface area contributed by atoms with Crippen molar-refractivity contribution in [1.82, 2.24) is 10.2 Å². The van der Waals surface area contributed by atoms with Gasteiger partial charge < -0.3 is 39.1 Å². The molecule has 4 unspecified atom stereocenters. The maximum absolute atomic E-state index is 13.4. The third-order valence-electron chi connectivity index (χ3n) is 9.78. The molecule has 1 amide bonds. The maximum atomic E-state index is 13.4. The van der Waals surface area contributed by atoms with Crippen molar-refractivity contribution in [3.05, 3.63) is 59.7 Å². The Kier molecular flexibility index (Phi) is 16.8. The number of likely N-dealkylation sites (N-methyl/N-ethyl adjacent to an activating group) is 1. The summed E-state index contributed by atoms with van der Waals surface area (Å²) in [7, 11) is 3.80. The van der Waals surface area contributed by atoms with Crippen LogP contribution in [0, 0.1) is 23.7 Å². The van der Waals surface area contributed by atoms with Gasteiger partial charge in [-0.25, -0.2) is 4.79 Å². The number of aliphatic hydroxyl groups is 1. The van der Waals surface area contributed by atoms with Crippen molar-refractivity contribution in [1.29, 1.82) is 0 Å². The number of hydrogen-bond donors (Lipinski definition) is 2. The van der Waals surface area contributed by atoms with Crippen LogP contribution < -0.4 is 5.32 Å². The molecule has 0 aromatic heterocycles. The summed E-state index contributed by atoms with van der Waals surface area (Å²) in [5.74, 6) is -1.91. The van der Waals surface area contributed by atoms with Gasteiger partial charge in [-0.2, -0.15) is 0 Å².